The van der Waals surface area contributed by atoms with Crippen LogP contribution in [0.4, 0.5) is 0 Å². The molecule has 54 heavy (non-hydrogen) atoms. The van der Waals surface area contributed by atoms with Gasteiger partial charge < -0.3 is 37.4 Å². The first-order valence-electron chi connectivity index (χ1n) is 19.0. The van der Waals surface area contributed by atoms with Gasteiger partial charge in [0.05, 0.1) is 46.0 Å². The average Bonchev–Trinajstić information content (AvgIpc) is 3.76. The molecule has 3 aliphatic rings. The molecule has 0 atom stereocenters. The Morgan fingerprint density at radius 1 is 0.556 bits per heavy atom. The highest BCUT2D eigenvalue weighted by molar-refractivity contribution is 9.10. The summed E-state index contributed by atoms with van der Waals surface area (Å²) in [5, 5.41) is 16.7. The molecule has 306 valence electrons. The summed E-state index contributed by atoms with van der Waals surface area (Å²) in [6, 6.07) is 2.31. The molecular weight excluding hydrogens is 789 g/mol. The molecule has 14 nitrogen and oxygen atoms in total. The van der Waals surface area contributed by atoms with Crippen LogP contribution in [0.5, 0.6) is 0 Å². The fraction of sp³-hybridized carbons (Fsp3) is 0.882. The van der Waals surface area contributed by atoms with Crippen LogP contribution in [0.25, 0.3) is 0 Å². The molecule has 0 radical (unpaired) electrons. The second kappa shape index (κ2) is 17.5. The molecular formula is C34H68B3BrN6O8Si2. The molecule has 0 aliphatic carbocycles. The van der Waals surface area contributed by atoms with Crippen molar-refractivity contribution in [1.82, 2.24) is 30.0 Å². The Bertz CT molecular complexity index is 1420. The van der Waals surface area contributed by atoms with Crippen molar-refractivity contribution in [3.05, 3.63) is 17.0 Å². The van der Waals surface area contributed by atoms with Gasteiger partial charge in [0.25, 0.3) is 0 Å². The quantitative estimate of drug-likeness (QED) is 0.171. The number of rotatable bonds is 12. The Kier molecular flexibility index (Phi) is 15.4. The minimum atomic E-state index is -1.06. The van der Waals surface area contributed by atoms with Gasteiger partial charge >= 0.3 is 21.1 Å². The Hall–Kier alpha value is -0.931. The zero-order chi connectivity index (χ0) is 41.2. The van der Waals surface area contributed by atoms with Crippen molar-refractivity contribution in [3.8, 4) is 0 Å². The Balaban J connectivity index is 0.000000224. The number of nitrogens with zero attached hydrogens (tertiary/aromatic N) is 6. The highest BCUT2D eigenvalue weighted by Gasteiger charge is 2.63. The van der Waals surface area contributed by atoms with Gasteiger partial charge in [-0.25, -0.2) is 0 Å². The fourth-order valence-corrected chi connectivity index (χ4v) is 6.62. The summed E-state index contributed by atoms with van der Waals surface area (Å²) in [7, 11) is -3.46. The molecule has 0 saturated carbocycles. The molecule has 20 heteroatoms. The van der Waals surface area contributed by atoms with Crippen LogP contribution in [-0.4, -0.2) is 114 Å². The Morgan fingerprint density at radius 2 is 0.889 bits per heavy atom. The van der Waals surface area contributed by atoms with Crippen molar-refractivity contribution in [3.63, 3.8) is 0 Å². The summed E-state index contributed by atoms with van der Waals surface area (Å²) in [6.07, 6.45) is 3.34. The summed E-state index contributed by atoms with van der Waals surface area (Å²) in [6.45, 7) is 40.7. The summed E-state index contributed by atoms with van der Waals surface area (Å²) >= 11 is 3.23. The van der Waals surface area contributed by atoms with E-state index in [1.807, 2.05) is 83.1 Å². The third-order valence-electron chi connectivity index (χ3n) is 10.7. The van der Waals surface area contributed by atoms with Gasteiger partial charge in [-0.2, -0.15) is 24.9 Å². The molecule has 0 unspecified atom stereocenters. The van der Waals surface area contributed by atoms with Gasteiger partial charge in [0.15, 0.2) is 13.5 Å². The summed E-state index contributed by atoms with van der Waals surface area (Å²) in [5.41, 5.74) is -1.48. The lowest BCUT2D eigenvalue weighted by Gasteiger charge is -2.32. The van der Waals surface area contributed by atoms with Crippen LogP contribution in [0.2, 0.25) is 51.4 Å². The Morgan fingerprint density at radius 3 is 1.22 bits per heavy atom. The van der Waals surface area contributed by atoms with Gasteiger partial charge in [0, 0.05) is 29.4 Å². The van der Waals surface area contributed by atoms with E-state index in [0.717, 1.165) is 23.9 Å². The van der Waals surface area contributed by atoms with Gasteiger partial charge in [0.2, 0.25) is 0 Å². The standard InChI is InChI=1S/C14H28BN3O3Si.C12H24B2O4.C8H16BrN3OSi/c1-13(2)14(3,4)21-15(20-13)12-10-16-18(17-12)11-19-8-9-22(5,6)7;1-9(2)10(3,4)16-13(15-9)14-17-11(5,6)12(7,8)18-14;1-14(2,3)5-4-13-7-12-10-6-8(9)11-12/h10H,8-9,11H2,1-7H3;1-8H3;6H,4-5,7H2,1-3H3. The third-order valence-corrected chi connectivity index (χ3v) is 14.5. The number of ether oxygens (including phenoxy) is 2. The van der Waals surface area contributed by atoms with Crippen molar-refractivity contribution >= 4 is 58.8 Å². The summed E-state index contributed by atoms with van der Waals surface area (Å²) in [4.78, 5) is 3.08. The van der Waals surface area contributed by atoms with Gasteiger partial charge in [-0.1, -0.05) is 39.3 Å². The SMILES string of the molecule is CC1(C)OB(B2OC(C)(C)C(C)(C)O2)OC1(C)C.CC1(C)OB(c2cnn(COCC[Si](C)(C)C)n2)OC1(C)C.C[Si](C)(C)CCOCn1ncc(Br)n1. The monoisotopic (exact) mass is 856 g/mol. The molecule has 3 saturated heterocycles. The van der Waals surface area contributed by atoms with Gasteiger partial charge in [-0.05, 0) is 111 Å². The molecule has 3 fully saturated rings. The number of hydrogen-bond acceptors (Lipinski definition) is 12. The molecule has 2 aromatic rings. The largest absolute Gasteiger partial charge is 0.518 e. The predicted octanol–water partition coefficient (Wildman–Crippen LogP) is 6.49. The van der Waals surface area contributed by atoms with Gasteiger partial charge in [0.1, 0.15) is 10.2 Å². The average molecular weight is 857 g/mol. The van der Waals surface area contributed by atoms with Crippen LogP contribution < -0.4 is 5.59 Å². The first kappa shape index (κ1) is 47.4. The molecule has 0 bridgehead atoms. The van der Waals surface area contributed by atoms with Crippen LogP contribution in [0, 0.1) is 0 Å². The fourth-order valence-electron chi connectivity index (χ4n) is 4.83. The van der Waals surface area contributed by atoms with E-state index < -0.39 is 37.3 Å². The van der Waals surface area contributed by atoms with E-state index in [2.05, 4.69) is 75.6 Å². The van der Waals surface area contributed by atoms with Crippen molar-refractivity contribution < 1.29 is 37.4 Å². The van der Waals surface area contributed by atoms with Crippen molar-refractivity contribution in [2.75, 3.05) is 13.2 Å². The number of halogens is 1. The van der Waals surface area contributed by atoms with E-state index in [1.165, 1.54) is 10.8 Å². The maximum atomic E-state index is 5.96. The van der Waals surface area contributed by atoms with Crippen molar-refractivity contribution in [1.29, 1.82) is 0 Å². The minimum Gasteiger partial charge on any atom is -0.405 e. The predicted molar refractivity (Wildman–Crippen MR) is 224 cm³/mol. The van der Waals surface area contributed by atoms with E-state index in [0.29, 0.717) is 19.1 Å². The van der Waals surface area contributed by atoms with E-state index in [4.69, 9.17) is 37.4 Å². The van der Waals surface area contributed by atoms with Crippen LogP contribution in [0.15, 0.2) is 17.0 Å². The molecule has 3 aliphatic heterocycles. The van der Waals surface area contributed by atoms with E-state index in [1.54, 1.807) is 17.2 Å². The highest BCUT2D eigenvalue weighted by Crippen LogP contribution is 2.43. The van der Waals surface area contributed by atoms with E-state index in [9.17, 15) is 0 Å². The maximum absolute atomic E-state index is 5.96. The van der Waals surface area contributed by atoms with Crippen LogP contribution in [0.1, 0.15) is 83.1 Å². The number of aromatic nitrogens is 6. The number of hydrogen-bond donors (Lipinski definition) is 0. The summed E-state index contributed by atoms with van der Waals surface area (Å²) in [5.74, 6) is 0. The molecule has 0 amide bonds. The summed E-state index contributed by atoms with van der Waals surface area (Å²) < 4.78 is 47.6. The minimum absolute atomic E-state index is 0.360. The van der Waals surface area contributed by atoms with Crippen molar-refractivity contribution in [2.45, 2.75) is 182 Å². The normalized spacial score (nSPS) is 22.2. The third kappa shape index (κ3) is 13.3. The topological polar surface area (TPSA) is 135 Å². The maximum Gasteiger partial charge on any atom is 0.518 e. The second-order valence-corrected chi connectivity index (χ2v) is 31.8. The van der Waals surface area contributed by atoms with Crippen LogP contribution in [0.3, 0.4) is 0 Å². The van der Waals surface area contributed by atoms with Gasteiger partial charge in [-0.3, -0.25) is 0 Å². The lowest BCUT2D eigenvalue weighted by Crippen LogP contribution is -2.41. The zero-order valence-corrected chi connectivity index (χ0v) is 40.0. The molecule has 0 N–H and O–H groups in total. The van der Waals surface area contributed by atoms with E-state index in [-0.39, 0.29) is 33.6 Å². The van der Waals surface area contributed by atoms with E-state index >= 15 is 0 Å². The lowest BCUT2D eigenvalue weighted by molar-refractivity contribution is 0.00578. The smallest absolute Gasteiger partial charge is 0.405 e. The highest BCUT2D eigenvalue weighted by atomic mass is 79.9. The van der Waals surface area contributed by atoms with Crippen LogP contribution in [-0.2, 0) is 50.9 Å². The molecule has 0 aromatic carbocycles. The van der Waals surface area contributed by atoms with Crippen molar-refractivity contribution in [2.24, 2.45) is 0 Å². The van der Waals surface area contributed by atoms with Crippen LogP contribution >= 0.6 is 15.9 Å². The molecule has 5 rings (SSSR count). The Labute approximate surface area is 336 Å². The zero-order valence-electron chi connectivity index (χ0n) is 36.5. The molecule has 0 spiro atoms. The lowest BCUT2D eigenvalue weighted by atomic mass is 9.49. The van der Waals surface area contributed by atoms with Gasteiger partial charge in [-0.15, -0.1) is 5.10 Å². The molecule has 2 aromatic heterocycles. The second-order valence-electron chi connectivity index (χ2n) is 19.7. The molecule has 5 heterocycles. The first-order valence-corrected chi connectivity index (χ1v) is 27.2. The first-order chi connectivity index (χ1) is 24.4.